The van der Waals surface area contributed by atoms with E-state index in [0.717, 1.165) is 46.7 Å². The number of H-pyrrole nitrogens is 1. The van der Waals surface area contributed by atoms with Gasteiger partial charge in [-0.15, -0.1) is 0 Å². The fourth-order valence-electron chi connectivity index (χ4n) is 4.07. The molecule has 6 rings (SSSR count). The van der Waals surface area contributed by atoms with E-state index >= 15 is 0 Å². The molecule has 0 amide bonds. The number of nitrogens with zero attached hydrogens (tertiary/aromatic N) is 5. The van der Waals surface area contributed by atoms with Crippen LogP contribution in [0.5, 0.6) is 0 Å². The number of rotatable bonds is 2. The molecular formula is C21H18N6O. The summed E-state index contributed by atoms with van der Waals surface area (Å²) in [6.45, 7) is 2.87. The standard InChI is InChI=1S/C21H18N6O/c1-13-5-4-9-27-17(13)11-16(25-27)20-19-15(22-12-23-19)8-10-26(20)21-24-14-6-2-3-7-18(14)28-21/h2-7,9,11-12,20H,8,10H2,1H3,(H,22,23)/t20-/m1/s1. The molecular weight excluding hydrogens is 352 g/mol. The minimum atomic E-state index is -0.151. The maximum absolute atomic E-state index is 6.09. The molecule has 4 aromatic heterocycles. The molecule has 0 saturated heterocycles. The topological polar surface area (TPSA) is 75.2 Å². The maximum Gasteiger partial charge on any atom is 0.299 e. The number of aryl methyl sites for hydroxylation is 1. The quantitative estimate of drug-likeness (QED) is 0.513. The van der Waals surface area contributed by atoms with E-state index in [1.165, 1.54) is 5.56 Å². The highest BCUT2D eigenvalue weighted by Crippen LogP contribution is 2.37. The second-order valence-electron chi connectivity index (χ2n) is 7.17. The Morgan fingerprint density at radius 2 is 2.11 bits per heavy atom. The summed E-state index contributed by atoms with van der Waals surface area (Å²) < 4.78 is 8.02. The number of oxazole rings is 1. The molecule has 5 aromatic rings. The average Bonchev–Trinajstić information content (AvgIpc) is 3.44. The maximum atomic E-state index is 6.09. The Morgan fingerprint density at radius 1 is 1.18 bits per heavy atom. The molecule has 0 fully saturated rings. The van der Waals surface area contributed by atoms with Crippen molar-refractivity contribution in [2.75, 3.05) is 11.4 Å². The number of para-hydroxylation sites is 2. The lowest BCUT2D eigenvalue weighted by Gasteiger charge is -2.32. The summed E-state index contributed by atoms with van der Waals surface area (Å²) in [6.07, 6.45) is 4.59. The summed E-state index contributed by atoms with van der Waals surface area (Å²) in [5, 5.41) is 4.86. The molecule has 5 heterocycles. The van der Waals surface area contributed by atoms with Gasteiger partial charge < -0.3 is 14.3 Å². The van der Waals surface area contributed by atoms with Crippen molar-refractivity contribution in [3.05, 3.63) is 77.6 Å². The second kappa shape index (κ2) is 5.69. The van der Waals surface area contributed by atoms with E-state index in [4.69, 9.17) is 14.5 Å². The van der Waals surface area contributed by atoms with Gasteiger partial charge in [0.2, 0.25) is 0 Å². The Kier molecular flexibility index (Phi) is 3.14. The van der Waals surface area contributed by atoms with Gasteiger partial charge in [-0.3, -0.25) is 0 Å². The number of fused-ring (bicyclic) bond motifs is 3. The number of imidazole rings is 1. The highest BCUT2D eigenvalue weighted by Gasteiger charge is 2.35. The minimum absolute atomic E-state index is 0.151. The van der Waals surface area contributed by atoms with E-state index in [1.807, 2.05) is 41.0 Å². The normalized spacial score (nSPS) is 16.8. The van der Waals surface area contributed by atoms with E-state index in [9.17, 15) is 0 Å². The zero-order valence-electron chi connectivity index (χ0n) is 15.3. The first kappa shape index (κ1) is 15.4. The first-order valence-corrected chi connectivity index (χ1v) is 9.37. The molecule has 0 aliphatic carbocycles. The minimum Gasteiger partial charge on any atom is -0.423 e. The Bertz CT molecular complexity index is 1280. The van der Waals surface area contributed by atoms with Crippen molar-refractivity contribution in [3.63, 3.8) is 0 Å². The fourth-order valence-corrected chi connectivity index (χ4v) is 4.07. The van der Waals surface area contributed by atoms with Crippen molar-refractivity contribution >= 4 is 22.6 Å². The number of hydrogen-bond acceptors (Lipinski definition) is 5. The van der Waals surface area contributed by atoms with Crippen molar-refractivity contribution in [2.24, 2.45) is 0 Å². The summed E-state index contributed by atoms with van der Waals surface area (Å²) in [5.74, 6) is 0. The van der Waals surface area contributed by atoms with E-state index < -0.39 is 0 Å². The molecule has 1 aliphatic rings. The molecule has 0 saturated carbocycles. The number of aromatic amines is 1. The average molecular weight is 370 g/mol. The van der Waals surface area contributed by atoms with Gasteiger partial charge in [0.15, 0.2) is 5.58 Å². The van der Waals surface area contributed by atoms with E-state index in [0.29, 0.717) is 6.01 Å². The molecule has 1 aromatic carbocycles. The SMILES string of the molecule is Cc1cccn2nc([C@@H]3c4nc[nH]c4CCN3c3nc4ccccc4o3)cc12. The van der Waals surface area contributed by atoms with Gasteiger partial charge in [0.25, 0.3) is 6.01 Å². The summed E-state index contributed by atoms with van der Waals surface area (Å²) in [4.78, 5) is 14.8. The third-order valence-electron chi connectivity index (χ3n) is 5.47. The smallest absolute Gasteiger partial charge is 0.299 e. The monoisotopic (exact) mass is 370 g/mol. The first-order valence-electron chi connectivity index (χ1n) is 9.37. The summed E-state index contributed by atoms with van der Waals surface area (Å²) in [7, 11) is 0. The van der Waals surface area contributed by atoms with Crippen LogP contribution in [0.25, 0.3) is 16.6 Å². The van der Waals surface area contributed by atoms with Gasteiger partial charge in [0.05, 0.1) is 23.2 Å². The van der Waals surface area contributed by atoms with Crippen molar-refractivity contribution in [1.29, 1.82) is 0 Å². The van der Waals surface area contributed by atoms with Crippen molar-refractivity contribution in [2.45, 2.75) is 19.4 Å². The molecule has 1 N–H and O–H groups in total. The number of pyridine rings is 1. The summed E-state index contributed by atoms with van der Waals surface area (Å²) in [5.41, 5.74) is 6.99. The van der Waals surface area contributed by atoms with Crippen LogP contribution in [-0.4, -0.2) is 31.1 Å². The molecule has 0 unspecified atom stereocenters. The van der Waals surface area contributed by atoms with Crippen LogP contribution in [0.4, 0.5) is 6.01 Å². The second-order valence-corrected chi connectivity index (χ2v) is 7.17. The predicted molar refractivity (Wildman–Crippen MR) is 105 cm³/mol. The van der Waals surface area contributed by atoms with Crippen molar-refractivity contribution in [3.8, 4) is 0 Å². The zero-order valence-corrected chi connectivity index (χ0v) is 15.3. The molecule has 0 bridgehead atoms. The van der Waals surface area contributed by atoms with Crippen LogP contribution >= 0.6 is 0 Å². The lowest BCUT2D eigenvalue weighted by molar-refractivity contribution is 0.517. The van der Waals surface area contributed by atoms with Crippen LogP contribution < -0.4 is 4.90 Å². The van der Waals surface area contributed by atoms with Crippen LogP contribution in [0.1, 0.15) is 28.7 Å². The van der Waals surface area contributed by atoms with Crippen LogP contribution in [0.2, 0.25) is 0 Å². The Morgan fingerprint density at radius 3 is 3.00 bits per heavy atom. The Balaban J connectivity index is 1.54. The van der Waals surface area contributed by atoms with Gasteiger partial charge in [-0.1, -0.05) is 18.2 Å². The van der Waals surface area contributed by atoms with Crippen LogP contribution in [0, 0.1) is 6.92 Å². The lowest BCUT2D eigenvalue weighted by Crippen LogP contribution is -2.36. The van der Waals surface area contributed by atoms with Gasteiger partial charge >= 0.3 is 0 Å². The molecule has 1 aliphatic heterocycles. The summed E-state index contributed by atoms with van der Waals surface area (Å²) >= 11 is 0. The molecule has 0 spiro atoms. The van der Waals surface area contributed by atoms with Crippen molar-refractivity contribution in [1.82, 2.24) is 24.6 Å². The molecule has 138 valence electrons. The predicted octanol–water partition coefficient (Wildman–Crippen LogP) is 3.66. The highest BCUT2D eigenvalue weighted by atomic mass is 16.4. The van der Waals surface area contributed by atoms with Crippen molar-refractivity contribution < 1.29 is 4.42 Å². The molecule has 28 heavy (non-hydrogen) atoms. The molecule has 7 nitrogen and oxygen atoms in total. The summed E-state index contributed by atoms with van der Waals surface area (Å²) in [6, 6.07) is 14.5. The number of hydrogen-bond donors (Lipinski definition) is 1. The van der Waals surface area contributed by atoms with Gasteiger partial charge in [-0.05, 0) is 36.8 Å². The molecule has 7 heteroatoms. The van der Waals surface area contributed by atoms with E-state index in [-0.39, 0.29) is 6.04 Å². The van der Waals surface area contributed by atoms with Crippen LogP contribution in [-0.2, 0) is 6.42 Å². The van der Waals surface area contributed by atoms with Gasteiger partial charge in [-0.25, -0.2) is 9.50 Å². The number of benzene rings is 1. The third kappa shape index (κ3) is 2.19. The largest absolute Gasteiger partial charge is 0.423 e. The van der Waals surface area contributed by atoms with Gasteiger partial charge in [0.1, 0.15) is 11.6 Å². The molecule has 1 atom stereocenters. The van der Waals surface area contributed by atoms with Crippen LogP contribution in [0.15, 0.2) is 59.4 Å². The van der Waals surface area contributed by atoms with Crippen LogP contribution in [0.3, 0.4) is 0 Å². The van der Waals surface area contributed by atoms with Gasteiger partial charge in [0, 0.05) is 24.9 Å². The Labute approximate surface area is 160 Å². The van der Waals surface area contributed by atoms with E-state index in [2.05, 4.69) is 33.9 Å². The highest BCUT2D eigenvalue weighted by molar-refractivity contribution is 5.74. The third-order valence-corrected chi connectivity index (χ3v) is 5.47. The number of nitrogens with one attached hydrogen (secondary N) is 1. The first-order chi connectivity index (χ1) is 13.8. The number of anilines is 1. The fraction of sp³-hybridized carbons (Fsp3) is 0.190. The Hall–Kier alpha value is -3.61. The van der Waals surface area contributed by atoms with Gasteiger partial charge in [-0.2, -0.15) is 10.1 Å². The van der Waals surface area contributed by atoms with E-state index in [1.54, 1.807) is 6.33 Å². The molecule has 0 radical (unpaired) electrons. The zero-order chi connectivity index (χ0) is 18.7. The number of aromatic nitrogens is 5. The lowest BCUT2D eigenvalue weighted by atomic mass is 10.00.